The van der Waals surface area contributed by atoms with Crippen LogP contribution in [0.15, 0.2) is 35.6 Å². The third-order valence-corrected chi connectivity index (χ3v) is 6.14. The molecule has 7 nitrogen and oxygen atoms in total. The minimum Gasteiger partial charge on any atom is -0.263 e. The molecule has 8 heteroatoms. The Morgan fingerprint density at radius 1 is 1.23 bits per heavy atom. The van der Waals surface area contributed by atoms with Gasteiger partial charge >= 0.3 is 0 Å². The van der Waals surface area contributed by atoms with E-state index in [2.05, 4.69) is 15.3 Å². The molecule has 1 atom stereocenters. The molecular weight excluding hydrogens is 302 g/mol. The van der Waals surface area contributed by atoms with Crippen molar-refractivity contribution in [2.24, 2.45) is 0 Å². The van der Waals surface area contributed by atoms with Crippen LogP contribution in [-0.2, 0) is 10.0 Å². The topological polar surface area (TPSA) is 81.0 Å². The van der Waals surface area contributed by atoms with Gasteiger partial charge in [0.25, 0.3) is 0 Å². The minimum absolute atomic E-state index is 0.0615. The van der Waals surface area contributed by atoms with Crippen molar-refractivity contribution in [3.8, 4) is 0 Å². The molecule has 22 heavy (non-hydrogen) atoms. The van der Waals surface area contributed by atoms with Crippen LogP contribution in [0, 0.1) is 0 Å². The highest BCUT2D eigenvalue weighted by Crippen LogP contribution is 2.39. The zero-order valence-corrected chi connectivity index (χ0v) is 12.9. The monoisotopic (exact) mass is 319 g/mol. The molecule has 1 unspecified atom stereocenters. The normalized spacial score (nSPS) is 23.0. The Morgan fingerprint density at radius 3 is 2.82 bits per heavy atom. The Hall–Kier alpha value is -1.80. The minimum atomic E-state index is -3.47. The van der Waals surface area contributed by atoms with Gasteiger partial charge in [-0.05, 0) is 31.4 Å². The van der Waals surface area contributed by atoms with Crippen molar-refractivity contribution in [2.75, 3.05) is 13.1 Å². The number of pyridine rings is 1. The van der Waals surface area contributed by atoms with Gasteiger partial charge in [-0.2, -0.15) is 4.31 Å². The smallest absolute Gasteiger partial charge is 0.244 e. The van der Waals surface area contributed by atoms with E-state index >= 15 is 0 Å². The van der Waals surface area contributed by atoms with E-state index in [1.807, 2.05) is 10.9 Å². The van der Waals surface area contributed by atoms with Gasteiger partial charge in [-0.3, -0.25) is 4.98 Å². The maximum atomic E-state index is 12.6. The van der Waals surface area contributed by atoms with Gasteiger partial charge in [-0.1, -0.05) is 5.21 Å². The number of sulfonamides is 1. The van der Waals surface area contributed by atoms with Crippen LogP contribution in [-0.4, -0.2) is 45.8 Å². The molecule has 2 aliphatic rings. The summed E-state index contributed by atoms with van der Waals surface area (Å²) in [6.07, 6.45) is 8.06. The molecule has 2 aromatic rings. The molecule has 0 N–H and O–H groups in total. The molecule has 4 rings (SSSR count). The molecular formula is C14H17N5O2S. The van der Waals surface area contributed by atoms with Crippen LogP contribution in [0.25, 0.3) is 0 Å². The molecule has 3 heterocycles. The van der Waals surface area contributed by atoms with Gasteiger partial charge in [0.05, 0.1) is 11.7 Å². The standard InChI is InChI=1S/C14H17N5O2S/c20-22(21,13-2-1-6-15-8-13)18-7-5-12(9-18)19-10-14(16-17-19)11-3-4-11/h1-2,6,8,10-12H,3-5,7,9H2. The Morgan fingerprint density at radius 2 is 2.09 bits per heavy atom. The quantitative estimate of drug-likeness (QED) is 0.845. The van der Waals surface area contributed by atoms with Crippen molar-refractivity contribution in [3.63, 3.8) is 0 Å². The van der Waals surface area contributed by atoms with Gasteiger partial charge in [-0.15, -0.1) is 5.10 Å². The molecule has 1 aliphatic carbocycles. The highest BCUT2D eigenvalue weighted by Gasteiger charge is 2.35. The highest BCUT2D eigenvalue weighted by atomic mass is 32.2. The van der Waals surface area contributed by atoms with Crippen molar-refractivity contribution < 1.29 is 8.42 Å². The molecule has 2 fully saturated rings. The van der Waals surface area contributed by atoms with Crippen molar-refractivity contribution >= 4 is 10.0 Å². The van der Waals surface area contributed by atoms with Gasteiger partial charge in [-0.25, -0.2) is 13.1 Å². The first kappa shape index (κ1) is 13.8. The summed E-state index contributed by atoms with van der Waals surface area (Å²) in [4.78, 5) is 4.14. The summed E-state index contributed by atoms with van der Waals surface area (Å²) in [6.45, 7) is 0.936. The number of aromatic nitrogens is 4. The summed E-state index contributed by atoms with van der Waals surface area (Å²) in [5, 5.41) is 8.38. The second-order valence-corrected chi connectivity index (χ2v) is 7.83. The summed E-state index contributed by atoms with van der Waals surface area (Å²) >= 11 is 0. The highest BCUT2D eigenvalue weighted by molar-refractivity contribution is 7.89. The first-order chi connectivity index (χ1) is 10.6. The Bertz CT molecular complexity index is 770. The zero-order valence-electron chi connectivity index (χ0n) is 12.0. The average Bonchev–Trinajstić information content (AvgIpc) is 3.06. The molecule has 0 amide bonds. The number of nitrogens with zero attached hydrogens (tertiary/aromatic N) is 5. The molecule has 1 saturated carbocycles. The van der Waals surface area contributed by atoms with E-state index in [0.717, 1.165) is 12.1 Å². The van der Waals surface area contributed by atoms with Gasteiger partial charge in [0, 0.05) is 37.6 Å². The largest absolute Gasteiger partial charge is 0.263 e. The Balaban J connectivity index is 1.52. The lowest BCUT2D eigenvalue weighted by Crippen LogP contribution is -2.29. The lowest BCUT2D eigenvalue weighted by molar-refractivity contribution is 0.428. The predicted octanol–water partition coefficient (Wildman–Crippen LogP) is 1.19. The lowest BCUT2D eigenvalue weighted by Gasteiger charge is -2.16. The first-order valence-electron chi connectivity index (χ1n) is 7.46. The van der Waals surface area contributed by atoms with E-state index in [4.69, 9.17) is 0 Å². The van der Waals surface area contributed by atoms with Gasteiger partial charge in [0.15, 0.2) is 0 Å². The van der Waals surface area contributed by atoms with E-state index in [0.29, 0.717) is 19.0 Å². The molecule has 0 bridgehead atoms. The fraction of sp³-hybridized carbons (Fsp3) is 0.500. The summed E-state index contributed by atoms with van der Waals surface area (Å²) in [6, 6.07) is 3.28. The van der Waals surface area contributed by atoms with E-state index in [1.165, 1.54) is 23.3 Å². The van der Waals surface area contributed by atoms with Crippen LogP contribution in [0.3, 0.4) is 0 Å². The van der Waals surface area contributed by atoms with Crippen LogP contribution in [0.4, 0.5) is 0 Å². The van der Waals surface area contributed by atoms with E-state index < -0.39 is 10.0 Å². The molecule has 0 aromatic carbocycles. The molecule has 116 valence electrons. The summed E-state index contributed by atoms with van der Waals surface area (Å²) in [5.41, 5.74) is 1.04. The van der Waals surface area contributed by atoms with Crippen LogP contribution in [0.1, 0.15) is 36.9 Å². The number of hydrogen-bond donors (Lipinski definition) is 0. The van der Waals surface area contributed by atoms with Crippen LogP contribution in [0.2, 0.25) is 0 Å². The summed E-state index contributed by atoms with van der Waals surface area (Å²) in [5.74, 6) is 0.561. The maximum absolute atomic E-state index is 12.6. The SMILES string of the molecule is O=S(=O)(c1cccnc1)N1CCC(n2cc(C3CC3)nn2)C1. The summed E-state index contributed by atoms with van der Waals surface area (Å²) < 4.78 is 28.5. The average molecular weight is 319 g/mol. The van der Waals surface area contributed by atoms with Gasteiger partial charge < -0.3 is 0 Å². The van der Waals surface area contributed by atoms with Crippen molar-refractivity contribution in [3.05, 3.63) is 36.4 Å². The fourth-order valence-corrected chi connectivity index (χ4v) is 4.29. The Labute approximate surface area is 129 Å². The third-order valence-electron chi connectivity index (χ3n) is 4.30. The van der Waals surface area contributed by atoms with E-state index in [1.54, 1.807) is 18.3 Å². The third kappa shape index (κ3) is 2.42. The first-order valence-corrected chi connectivity index (χ1v) is 8.90. The van der Waals surface area contributed by atoms with Crippen LogP contribution in [0.5, 0.6) is 0 Å². The molecule has 0 spiro atoms. The van der Waals surface area contributed by atoms with Gasteiger partial charge in [0.1, 0.15) is 4.90 Å². The van der Waals surface area contributed by atoms with Crippen LogP contribution >= 0.6 is 0 Å². The zero-order chi connectivity index (χ0) is 15.2. The maximum Gasteiger partial charge on any atom is 0.244 e. The Kier molecular flexibility index (Phi) is 3.23. The van der Waals surface area contributed by atoms with Crippen molar-refractivity contribution in [1.82, 2.24) is 24.3 Å². The van der Waals surface area contributed by atoms with Crippen molar-refractivity contribution in [2.45, 2.75) is 36.1 Å². The summed E-state index contributed by atoms with van der Waals surface area (Å²) in [7, 11) is -3.47. The van der Waals surface area contributed by atoms with Gasteiger partial charge in [0.2, 0.25) is 10.0 Å². The second kappa shape index (κ2) is 5.13. The van der Waals surface area contributed by atoms with Crippen LogP contribution < -0.4 is 0 Å². The molecule has 0 radical (unpaired) electrons. The molecule has 1 aliphatic heterocycles. The number of hydrogen-bond acceptors (Lipinski definition) is 5. The van der Waals surface area contributed by atoms with E-state index in [9.17, 15) is 8.42 Å². The van der Waals surface area contributed by atoms with Crippen molar-refractivity contribution in [1.29, 1.82) is 0 Å². The molecule has 1 saturated heterocycles. The lowest BCUT2D eigenvalue weighted by atomic mass is 10.2. The molecule has 2 aromatic heterocycles. The predicted molar refractivity (Wildman–Crippen MR) is 78.6 cm³/mol. The second-order valence-electron chi connectivity index (χ2n) is 5.89. The number of rotatable bonds is 4. The van der Waals surface area contributed by atoms with E-state index in [-0.39, 0.29) is 10.9 Å². The fourth-order valence-electron chi connectivity index (χ4n) is 2.83.